The van der Waals surface area contributed by atoms with Gasteiger partial charge in [0.05, 0.1) is 0 Å². The van der Waals surface area contributed by atoms with E-state index >= 15 is 0 Å². The van der Waals surface area contributed by atoms with E-state index in [0.29, 0.717) is 5.92 Å². The average molecular weight is 692 g/mol. The lowest BCUT2D eigenvalue weighted by Gasteiger charge is -2.29. The molecule has 0 bridgehead atoms. The van der Waals surface area contributed by atoms with Crippen molar-refractivity contribution in [2.45, 2.75) is 102 Å². The molecule has 6 aromatic carbocycles. The molecule has 0 radical (unpaired) electrons. The van der Waals surface area contributed by atoms with E-state index in [1.54, 1.807) is 0 Å². The summed E-state index contributed by atoms with van der Waals surface area (Å²) in [5, 5.41) is 0. The molecule has 0 aromatic heterocycles. The van der Waals surface area contributed by atoms with Crippen LogP contribution in [0.1, 0.15) is 118 Å². The van der Waals surface area contributed by atoms with Gasteiger partial charge in [-0.05, 0) is 142 Å². The van der Waals surface area contributed by atoms with Gasteiger partial charge in [0.15, 0.2) is 0 Å². The fourth-order valence-electron chi connectivity index (χ4n) is 10.0. The highest BCUT2D eigenvalue weighted by Gasteiger charge is 2.36. The van der Waals surface area contributed by atoms with Gasteiger partial charge >= 0.3 is 0 Å². The SMILES string of the molecule is Cc1cccc2c1-c1ccc(N(c3ccc(-c4ccccc4-c4ccc(C5CCCCC5)cc4)cc3)c3ccc(C4CCCCC4)cc3)cc1C2(C)C. The Morgan fingerprint density at radius 1 is 0.453 bits per heavy atom. The van der Waals surface area contributed by atoms with Crippen LogP contribution in [0.4, 0.5) is 17.1 Å². The molecule has 0 spiro atoms. The van der Waals surface area contributed by atoms with Crippen molar-refractivity contribution in [3.05, 3.63) is 161 Å². The molecule has 3 aliphatic rings. The van der Waals surface area contributed by atoms with Crippen LogP contribution in [-0.4, -0.2) is 0 Å². The molecule has 0 aliphatic heterocycles. The Kier molecular flexibility index (Phi) is 9.07. The molecule has 2 fully saturated rings. The number of fused-ring (bicyclic) bond motifs is 3. The first kappa shape index (κ1) is 33.9. The van der Waals surface area contributed by atoms with Crippen LogP contribution in [0.15, 0.2) is 133 Å². The van der Waals surface area contributed by atoms with Gasteiger partial charge in [0.2, 0.25) is 0 Å². The summed E-state index contributed by atoms with van der Waals surface area (Å²) in [7, 11) is 0. The van der Waals surface area contributed by atoms with Crippen LogP contribution in [0.5, 0.6) is 0 Å². The van der Waals surface area contributed by atoms with Crippen LogP contribution in [0.2, 0.25) is 0 Å². The maximum Gasteiger partial charge on any atom is 0.0465 e. The Balaban J connectivity index is 1.08. The van der Waals surface area contributed by atoms with E-state index in [9.17, 15) is 0 Å². The number of hydrogen-bond donors (Lipinski definition) is 0. The van der Waals surface area contributed by atoms with Crippen molar-refractivity contribution in [1.29, 1.82) is 0 Å². The van der Waals surface area contributed by atoms with Gasteiger partial charge < -0.3 is 4.90 Å². The van der Waals surface area contributed by atoms with Crippen molar-refractivity contribution >= 4 is 17.1 Å². The number of hydrogen-bond acceptors (Lipinski definition) is 1. The van der Waals surface area contributed by atoms with E-state index in [-0.39, 0.29) is 5.41 Å². The lowest BCUT2D eigenvalue weighted by molar-refractivity contribution is 0.443. The highest BCUT2D eigenvalue weighted by Crippen LogP contribution is 2.52. The van der Waals surface area contributed by atoms with E-state index in [0.717, 1.165) is 5.92 Å². The number of benzene rings is 6. The van der Waals surface area contributed by atoms with Gasteiger partial charge in [-0.25, -0.2) is 0 Å². The molecule has 1 heteroatoms. The van der Waals surface area contributed by atoms with E-state index in [1.807, 2.05) is 0 Å². The highest BCUT2D eigenvalue weighted by atomic mass is 15.1. The summed E-state index contributed by atoms with van der Waals surface area (Å²) in [5.41, 5.74) is 18.6. The van der Waals surface area contributed by atoms with Gasteiger partial charge in [0.1, 0.15) is 0 Å². The second-order valence-electron chi connectivity index (χ2n) is 16.7. The summed E-state index contributed by atoms with van der Waals surface area (Å²) >= 11 is 0. The first-order valence-electron chi connectivity index (χ1n) is 20.4. The number of rotatable bonds is 7. The lowest BCUT2D eigenvalue weighted by Crippen LogP contribution is -2.16. The molecule has 0 N–H and O–H groups in total. The molecule has 0 amide bonds. The number of nitrogens with zero attached hydrogens (tertiary/aromatic N) is 1. The van der Waals surface area contributed by atoms with E-state index in [1.165, 1.54) is 142 Å². The van der Waals surface area contributed by atoms with Crippen molar-refractivity contribution in [1.82, 2.24) is 0 Å². The molecule has 0 atom stereocenters. The predicted molar refractivity (Wildman–Crippen MR) is 226 cm³/mol. The summed E-state index contributed by atoms with van der Waals surface area (Å²) in [6.45, 7) is 7.03. The van der Waals surface area contributed by atoms with Gasteiger partial charge in [-0.15, -0.1) is 0 Å². The Morgan fingerprint density at radius 3 is 1.51 bits per heavy atom. The second-order valence-corrected chi connectivity index (χ2v) is 16.7. The van der Waals surface area contributed by atoms with Crippen LogP contribution in [-0.2, 0) is 5.41 Å². The summed E-state index contributed by atoms with van der Waals surface area (Å²) < 4.78 is 0. The van der Waals surface area contributed by atoms with Crippen molar-refractivity contribution in [2.75, 3.05) is 4.90 Å². The number of anilines is 3. The molecule has 9 rings (SSSR count). The Hall–Kier alpha value is -4.88. The quantitative estimate of drug-likeness (QED) is 0.161. The molecule has 6 aromatic rings. The van der Waals surface area contributed by atoms with Crippen LogP contribution in [0.25, 0.3) is 33.4 Å². The van der Waals surface area contributed by atoms with Gasteiger partial charge in [-0.1, -0.05) is 149 Å². The first-order valence-corrected chi connectivity index (χ1v) is 20.4. The summed E-state index contributed by atoms with van der Waals surface area (Å²) in [4.78, 5) is 2.47. The Bertz CT molecular complexity index is 2210. The number of aryl methyl sites for hydroxylation is 1. The predicted octanol–water partition coefficient (Wildman–Crippen LogP) is 15.2. The van der Waals surface area contributed by atoms with Crippen molar-refractivity contribution in [3.8, 4) is 33.4 Å². The zero-order chi connectivity index (χ0) is 35.9. The molecule has 3 aliphatic carbocycles. The Morgan fingerprint density at radius 2 is 0.943 bits per heavy atom. The average Bonchev–Trinajstić information content (AvgIpc) is 3.45. The summed E-state index contributed by atoms with van der Waals surface area (Å²) in [6, 6.07) is 51.2. The normalized spacial score (nSPS) is 17.0. The van der Waals surface area contributed by atoms with Crippen molar-refractivity contribution < 1.29 is 0 Å². The van der Waals surface area contributed by atoms with Crippen molar-refractivity contribution in [2.24, 2.45) is 0 Å². The lowest BCUT2D eigenvalue weighted by atomic mass is 9.82. The largest absolute Gasteiger partial charge is 0.310 e. The van der Waals surface area contributed by atoms with E-state index in [2.05, 4.69) is 159 Å². The van der Waals surface area contributed by atoms with Crippen molar-refractivity contribution in [3.63, 3.8) is 0 Å². The molecule has 0 unspecified atom stereocenters. The molecule has 53 heavy (non-hydrogen) atoms. The monoisotopic (exact) mass is 691 g/mol. The highest BCUT2D eigenvalue weighted by molar-refractivity contribution is 5.88. The zero-order valence-electron chi connectivity index (χ0n) is 31.9. The molecule has 266 valence electrons. The second kappa shape index (κ2) is 14.2. The van der Waals surface area contributed by atoms with Crippen LogP contribution in [0, 0.1) is 6.92 Å². The topological polar surface area (TPSA) is 3.24 Å². The standard InChI is InChI=1S/C52H53N/c1-36-13-12-20-49-51(36)48-34-33-45(35-50(48)52(49,2)3)53(43-29-25-40(26-30-43)38-16-8-5-9-17-38)44-31-27-42(28-32-44)47-19-11-10-18-46(47)41-23-21-39(22-24-41)37-14-6-4-7-15-37/h10-13,18-35,37-38H,4-9,14-17H2,1-3H3. The maximum atomic E-state index is 2.47. The fraction of sp³-hybridized carbons (Fsp3) is 0.308. The zero-order valence-corrected chi connectivity index (χ0v) is 31.9. The molecular formula is C52H53N. The minimum atomic E-state index is -0.0641. The maximum absolute atomic E-state index is 2.47. The third kappa shape index (κ3) is 6.33. The smallest absolute Gasteiger partial charge is 0.0465 e. The van der Waals surface area contributed by atoms with Gasteiger partial charge in [0, 0.05) is 22.5 Å². The minimum absolute atomic E-state index is 0.0641. The summed E-state index contributed by atoms with van der Waals surface area (Å²) in [5.74, 6) is 1.42. The van der Waals surface area contributed by atoms with Gasteiger partial charge in [-0.2, -0.15) is 0 Å². The van der Waals surface area contributed by atoms with E-state index < -0.39 is 0 Å². The molecule has 2 saturated carbocycles. The van der Waals surface area contributed by atoms with Gasteiger partial charge in [-0.3, -0.25) is 0 Å². The van der Waals surface area contributed by atoms with E-state index in [4.69, 9.17) is 0 Å². The minimum Gasteiger partial charge on any atom is -0.310 e. The molecular weight excluding hydrogens is 639 g/mol. The van der Waals surface area contributed by atoms with Crippen LogP contribution < -0.4 is 4.90 Å². The third-order valence-electron chi connectivity index (χ3n) is 13.0. The third-order valence-corrected chi connectivity index (χ3v) is 13.0. The van der Waals surface area contributed by atoms with Crippen LogP contribution >= 0.6 is 0 Å². The fourth-order valence-corrected chi connectivity index (χ4v) is 10.0. The Labute approximate surface area is 317 Å². The van der Waals surface area contributed by atoms with Crippen LogP contribution in [0.3, 0.4) is 0 Å². The molecule has 1 nitrogen and oxygen atoms in total. The molecule has 0 saturated heterocycles. The first-order chi connectivity index (χ1) is 26.0. The van der Waals surface area contributed by atoms with Gasteiger partial charge in [0.25, 0.3) is 0 Å². The molecule has 0 heterocycles. The summed E-state index contributed by atoms with van der Waals surface area (Å²) in [6.07, 6.45) is 13.5.